The number of nitro benzene ring substituents is 1. The second-order valence-electron chi connectivity index (χ2n) is 7.54. The fourth-order valence-corrected chi connectivity index (χ4v) is 3.43. The topological polar surface area (TPSA) is 90.7 Å². The highest BCUT2D eigenvalue weighted by Gasteiger charge is 2.20. The van der Waals surface area contributed by atoms with Crippen molar-refractivity contribution in [1.82, 2.24) is 0 Å². The third-order valence-corrected chi connectivity index (χ3v) is 5.45. The van der Waals surface area contributed by atoms with Crippen LogP contribution in [-0.2, 0) is 0 Å². The highest BCUT2D eigenvalue weighted by Crippen LogP contribution is 2.31. The molecule has 1 N–H and O–H groups in total. The van der Waals surface area contributed by atoms with Crippen molar-refractivity contribution < 1.29 is 19.2 Å². The number of non-ortho nitro benzene ring substituents is 1. The fraction of sp³-hybridized carbons (Fsp3) is 0.240. The Morgan fingerprint density at radius 2 is 1.62 bits per heavy atom. The van der Waals surface area contributed by atoms with Crippen LogP contribution in [0.5, 0.6) is 11.5 Å². The number of rotatable bonds is 9. The van der Waals surface area contributed by atoms with E-state index in [1.54, 1.807) is 30.3 Å². The van der Waals surface area contributed by atoms with E-state index in [0.29, 0.717) is 17.1 Å². The summed E-state index contributed by atoms with van der Waals surface area (Å²) < 4.78 is 10.6. The summed E-state index contributed by atoms with van der Waals surface area (Å²) in [6.07, 6.45) is 0.153. The van der Waals surface area contributed by atoms with Crippen LogP contribution < -0.4 is 14.8 Å². The predicted octanol–water partition coefficient (Wildman–Crippen LogP) is 5.66. The Bertz CT molecular complexity index is 1130. The van der Waals surface area contributed by atoms with E-state index in [-0.39, 0.29) is 23.9 Å². The molecule has 0 heterocycles. The van der Waals surface area contributed by atoms with Gasteiger partial charge in [-0.15, -0.1) is 0 Å². The molecule has 0 spiro atoms. The number of benzene rings is 3. The first-order valence-electron chi connectivity index (χ1n) is 10.2. The standard InChI is InChI=1S/C25H26N2O5/c1-16-5-9-20(13-17(16)2)26-22(18-6-10-21(11-7-18)27(29)30)15-23(28)19-8-12-24(31-3)25(14-19)32-4/h5-14,22,26H,15H2,1-4H3. The molecule has 0 bridgehead atoms. The van der Waals surface area contributed by atoms with Gasteiger partial charge in [0.15, 0.2) is 17.3 Å². The maximum atomic E-state index is 13.1. The van der Waals surface area contributed by atoms with E-state index >= 15 is 0 Å². The lowest BCUT2D eigenvalue weighted by Gasteiger charge is -2.21. The van der Waals surface area contributed by atoms with Crippen molar-refractivity contribution in [2.45, 2.75) is 26.3 Å². The van der Waals surface area contributed by atoms with E-state index in [1.165, 1.54) is 31.9 Å². The predicted molar refractivity (Wildman–Crippen MR) is 124 cm³/mol. The summed E-state index contributed by atoms with van der Waals surface area (Å²) in [6, 6.07) is 16.9. The lowest BCUT2D eigenvalue weighted by atomic mass is 9.96. The van der Waals surface area contributed by atoms with Crippen LogP contribution >= 0.6 is 0 Å². The van der Waals surface area contributed by atoms with Crippen molar-refractivity contribution in [2.75, 3.05) is 19.5 Å². The Kier molecular flexibility index (Phi) is 7.10. The second-order valence-corrected chi connectivity index (χ2v) is 7.54. The molecule has 0 amide bonds. The number of anilines is 1. The molecule has 1 unspecified atom stereocenters. The number of nitrogens with zero attached hydrogens (tertiary/aromatic N) is 1. The smallest absolute Gasteiger partial charge is 0.269 e. The zero-order valence-corrected chi connectivity index (χ0v) is 18.5. The number of carbonyl (C=O) groups excluding carboxylic acids is 1. The van der Waals surface area contributed by atoms with Crippen molar-refractivity contribution in [3.8, 4) is 11.5 Å². The van der Waals surface area contributed by atoms with Crippen LogP contribution in [0.1, 0.15) is 39.5 Å². The van der Waals surface area contributed by atoms with Crippen LogP contribution in [0.25, 0.3) is 0 Å². The first kappa shape index (κ1) is 22.8. The van der Waals surface area contributed by atoms with E-state index in [9.17, 15) is 14.9 Å². The van der Waals surface area contributed by atoms with Crippen molar-refractivity contribution in [3.05, 3.63) is 93.0 Å². The Morgan fingerprint density at radius 1 is 0.938 bits per heavy atom. The van der Waals surface area contributed by atoms with E-state index in [4.69, 9.17) is 9.47 Å². The lowest BCUT2D eigenvalue weighted by molar-refractivity contribution is -0.384. The van der Waals surface area contributed by atoms with Crippen LogP contribution in [0.2, 0.25) is 0 Å². The zero-order valence-electron chi connectivity index (χ0n) is 18.5. The van der Waals surface area contributed by atoms with Gasteiger partial charge in [0.25, 0.3) is 5.69 Å². The number of ketones is 1. The molecular weight excluding hydrogens is 408 g/mol. The quantitative estimate of drug-likeness (QED) is 0.266. The molecule has 32 heavy (non-hydrogen) atoms. The van der Waals surface area contributed by atoms with Gasteiger partial charge in [-0.2, -0.15) is 0 Å². The van der Waals surface area contributed by atoms with Crippen LogP contribution in [-0.4, -0.2) is 24.9 Å². The Hall–Kier alpha value is -3.87. The molecule has 3 aromatic carbocycles. The van der Waals surface area contributed by atoms with E-state index in [0.717, 1.165) is 16.8 Å². The number of hydrogen-bond acceptors (Lipinski definition) is 6. The molecule has 0 aromatic heterocycles. The number of methoxy groups -OCH3 is 2. The van der Waals surface area contributed by atoms with Crippen LogP contribution in [0.15, 0.2) is 60.7 Å². The number of carbonyl (C=O) groups is 1. The van der Waals surface area contributed by atoms with Crippen molar-refractivity contribution >= 4 is 17.2 Å². The molecule has 1 atom stereocenters. The summed E-state index contributed by atoms with van der Waals surface area (Å²) in [5.74, 6) is 0.933. The SMILES string of the molecule is COc1ccc(C(=O)CC(Nc2ccc(C)c(C)c2)c2ccc([N+](=O)[O-])cc2)cc1OC. The summed E-state index contributed by atoms with van der Waals surface area (Å²) in [7, 11) is 3.06. The van der Waals surface area contributed by atoms with Gasteiger partial charge in [0.2, 0.25) is 0 Å². The molecular formula is C25H26N2O5. The van der Waals surface area contributed by atoms with Crippen LogP contribution in [0, 0.1) is 24.0 Å². The van der Waals surface area contributed by atoms with Crippen molar-refractivity contribution in [2.24, 2.45) is 0 Å². The lowest BCUT2D eigenvalue weighted by Crippen LogP contribution is -2.16. The number of ether oxygens (including phenoxy) is 2. The molecule has 0 fully saturated rings. The molecule has 3 rings (SSSR count). The van der Waals surface area contributed by atoms with Crippen molar-refractivity contribution in [3.63, 3.8) is 0 Å². The molecule has 7 heteroatoms. The van der Waals surface area contributed by atoms with Gasteiger partial charge in [0, 0.05) is 29.8 Å². The van der Waals surface area contributed by atoms with Gasteiger partial charge in [-0.1, -0.05) is 18.2 Å². The largest absolute Gasteiger partial charge is 0.493 e. The van der Waals surface area contributed by atoms with E-state index in [1.807, 2.05) is 32.0 Å². The molecule has 0 aliphatic heterocycles. The zero-order chi connectivity index (χ0) is 23.3. The van der Waals surface area contributed by atoms with Crippen LogP contribution in [0.4, 0.5) is 11.4 Å². The van der Waals surface area contributed by atoms with Gasteiger partial charge >= 0.3 is 0 Å². The number of nitro groups is 1. The minimum atomic E-state index is -0.440. The molecule has 0 radical (unpaired) electrons. The maximum absolute atomic E-state index is 13.1. The summed E-state index contributed by atoms with van der Waals surface area (Å²) >= 11 is 0. The van der Waals surface area contributed by atoms with Crippen molar-refractivity contribution in [1.29, 1.82) is 0 Å². The number of aryl methyl sites for hydroxylation is 2. The molecule has 0 saturated carbocycles. The minimum absolute atomic E-state index is 0.00453. The highest BCUT2D eigenvalue weighted by molar-refractivity contribution is 5.97. The Balaban J connectivity index is 1.91. The van der Waals surface area contributed by atoms with Gasteiger partial charge in [-0.05, 0) is 60.9 Å². The van der Waals surface area contributed by atoms with Gasteiger partial charge in [0.1, 0.15) is 0 Å². The van der Waals surface area contributed by atoms with E-state index in [2.05, 4.69) is 5.32 Å². The van der Waals surface area contributed by atoms with Gasteiger partial charge in [-0.25, -0.2) is 0 Å². The third-order valence-electron chi connectivity index (χ3n) is 5.45. The highest BCUT2D eigenvalue weighted by atomic mass is 16.6. The summed E-state index contributed by atoms with van der Waals surface area (Å²) in [5.41, 5.74) is 4.45. The van der Waals surface area contributed by atoms with E-state index < -0.39 is 4.92 Å². The fourth-order valence-electron chi connectivity index (χ4n) is 3.43. The minimum Gasteiger partial charge on any atom is -0.493 e. The molecule has 0 aliphatic rings. The van der Waals surface area contributed by atoms with Gasteiger partial charge in [-0.3, -0.25) is 14.9 Å². The first-order chi connectivity index (χ1) is 15.3. The summed E-state index contributed by atoms with van der Waals surface area (Å²) in [6.45, 7) is 4.06. The normalized spacial score (nSPS) is 11.5. The molecule has 7 nitrogen and oxygen atoms in total. The molecule has 166 valence electrons. The monoisotopic (exact) mass is 434 g/mol. The first-order valence-corrected chi connectivity index (χ1v) is 10.2. The summed E-state index contributed by atoms with van der Waals surface area (Å²) in [4.78, 5) is 23.7. The average Bonchev–Trinajstić information content (AvgIpc) is 2.80. The summed E-state index contributed by atoms with van der Waals surface area (Å²) in [5, 5.41) is 14.4. The number of nitrogens with one attached hydrogen (secondary N) is 1. The Labute approximate surface area is 187 Å². The maximum Gasteiger partial charge on any atom is 0.269 e. The van der Waals surface area contributed by atoms with Gasteiger partial charge < -0.3 is 14.8 Å². The number of hydrogen-bond donors (Lipinski definition) is 1. The molecule has 0 aliphatic carbocycles. The number of Topliss-reactive ketones (excluding diaryl/α,β-unsaturated/α-hetero) is 1. The Morgan fingerprint density at radius 3 is 2.22 bits per heavy atom. The average molecular weight is 434 g/mol. The van der Waals surface area contributed by atoms with Crippen LogP contribution in [0.3, 0.4) is 0 Å². The molecule has 3 aromatic rings. The molecule has 0 saturated heterocycles. The van der Waals surface area contributed by atoms with Gasteiger partial charge in [0.05, 0.1) is 25.2 Å². The second kappa shape index (κ2) is 9.96. The third kappa shape index (κ3) is 5.24.